The van der Waals surface area contributed by atoms with Crippen molar-refractivity contribution in [3.05, 3.63) is 58.7 Å². The third kappa shape index (κ3) is 4.04. The SMILES string of the molecule is Cc1cc(C(C)C)cc[c]1[Ru][c]1ccc(C(C)C)cc1C. The fourth-order valence-electron chi connectivity index (χ4n) is 2.35. The minimum absolute atomic E-state index is 0.123. The molecule has 2 rings (SSSR count). The molecule has 0 bridgehead atoms. The summed E-state index contributed by atoms with van der Waals surface area (Å²) in [6.45, 7) is 13.6. The molecule has 0 N–H and O–H groups in total. The van der Waals surface area contributed by atoms with Crippen molar-refractivity contribution in [3.8, 4) is 0 Å². The van der Waals surface area contributed by atoms with Gasteiger partial charge < -0.3 is 0 Å². The fraction of sp³-hybridized carbons (Fsp3) is 0.400. The molecule has 0 fully saturated rings. The maximum atomic E-state index is 2.37. The molecule has 114 valence electrons. The zero-order valence-corrected chi connectivity index (χ0v) is 15.7. The van der Waals surface area contributed by atoms with Gasteiger partial charge in [0.2, 0.25) is 0 Å². The van der Waals surface area contributed by atoms with Gasteiger partial charge in [0.05, 0.1) is 0 Å². The quantitative estimate of drug-likeness (QED) is 0.694. The minimum atomic E-state index is 0.123. The Balaban J connectivity index is 2.26. The fourth-order valence-corrected chi connectivity index (χ4v) is 4.37. The van der Waals surface area contributed by atoms with Gasteiger partial charge >= 0.3 is 137 Å². The second-order valence-corrected chi connectivity index (χ2v) is 8.70. The Hall–Kier alpha value is -0.937. The molecule has 0 amide bonds. The molecule has 1 heteroatoms. The molecule has 0 radical (unpaired) electrons. The van der Waals surface area contributed by atoms with Crippen molar-refractivity contribution in [3.63, 3.8) is 0 Å². The molecular weight excluding hydrogens is 341 g/mol. The molecule has 0 heterocycles. The molecule has 0 aliphatic carbocycles. The summed E-state index contributed by atoms with van der Waals surface area (Å²) in [7, 11) is 0. The first kappa shape index (κ1) is 16.4. The maximum absolute atomic E-state index is 2.37. The molecule has 0 atom stereocenters. The van der Waals surface area contributed by atoms with Crippen molar-refractivity contribution >= 4 is 8.32 Å². The molecule has 0 aromatic heterocycles. The number of rotatable bonds is 4. The third-order valence-electron chi connectivity index (χ3n) is 3.86. The van der Waals surface area contributed by atoms with Gasteiger partial charge in [0, 0.05) is 0 Å². The van der Waals surface area contributed by atoms with Crippen LogP contribution in [0.15, 0.2) is 36.4 Å². The molecule has 0 nitrogen and oxygen atoms in total. The molecule has 0 saturated carbocycles. The van der Waals surface area contributed by atoms with Gasteiger partial charge in [0.1, 0.15) is 0 Å². The summed E-state index contributed by atoms with van der Waals surface area (Å²) in [5.74, 6) is 1.22. The average Bonchev–Trinajstić information content (AvgIpc) is 2.42. The number of benzene rings is 2. The van der Waals surface area contributed by atoms with E-state index in [1.54, 1.807) is 0 Å². The normalized spacial score (nSPS) is 11.6. The Kier molecular flexibility index (Phi) is 5.39. The van der Waals surface area contributed by atoms with E-state index in [9.17, 15) is 0 Å². The summed E-state index contributed by atoms with van der Waals surface area (Å²) >= 11 is 0.123. The predicted molar refractivity (Wildman–Crippen MR) is 89.8 cm³/mol. The van der Waals surface area contributed by atoms with E-state index in [-0.39, 0.29) is 17.1 Å². The van der Waals surface area contributed by atoms with E-state index in [4.69, 9.17) is 0 Å². The Morgan fingerprint density at radius 3 is 1.33 bits per heavy atom. The molecule has 2 aromatic carbocycles. The van der Waals surface area contributed by atoms with Crippen molar-refractivity contribution in [1.29, 1.82) is 0 Å². The third-order valence-corrected chi connectivity index (χ3v) is 6.75. The Bertz CT molecular complexity index is 568. The van der Waals surface area contributed by atoms with Crippen LogP contribution < -0.4 is 8.32 Å². The second-order valence-electron chi connectivity index (χ2n) is 6.39. The van der Waals surface area contributed by atoms with Gasteiger partial charge in [-0.15, -0.1) is 0 Å². The summed E-state index contributed by atoms with van der Waals surface area (Å²) < 4.78 is 3.07. The first-order valence-electron chi connectivity index (χ1n) is 7.72. The van der Waals surface area contributed by atoms with E-state index in [2.05, 4.69) is 77.9 Å². The number of hydrogen-bond acceptors (Lipinski definition) is 0. The first-order chi connectivity index (χ1) is 9.88. The van der Waals surface area contributed by atoms with Crippen LogP contribution in [0.4, 0.5) is 0 Å². The van der Waals surface area contributed by atoms with Crippen LogP contribution in [0.5, 0.6) is 0 Å². The summed E-state index contributed by atoms with van der Waals surface area (Å²) in [5.41, 5.74) is 5.80. The molecule has 0 aliphatic rings. The van der Waals surface area contributed by atoms with Crippen LogP contribution in [0, 0.1) is 13.8 Å². The zero-order valence-electron chi connectivity index (χ0n) is 14.0. The first-order valence-corrected chi connectivity index (χ1v) is 9.45. The van der Waals surface area contributed by atoms with Gasteiger partial charge in [-0.05, 0) is 0 Å². The number of hydrogen-bond donors (Lipinski definition) is 0. The standard InChI is InChI=1S/2C10H13.Ru/c2*1-8(2)10-6-4-5-9(3)7-10;/h2*4,6-8H,1-3H3;. The van der Waals surface area contributed by atoms with Crippen molar-refractivity contribution in [2.75, 3.05) is 0 Å². The van der Waals surface area contributed by atoms with Crippen LogP contribution >= 0.6 is 0 Å². The van der Waals surface area contributed by atoms with Crippen LogP contribution in [0.1, 0.15) is 61.8 Å². The van der Waals surface area contributed by atoms with Gasteiger partial charge in [-0.2, -0.15) is 0 Å². The molecular formula is C20H26Ru. The Morgan fingerprint density at radius 2 is 1.05 bits per heavy atom. The average molecular weight is 367 g/mol. The summed E-state index contributed by atoms with van der Waals surface area (Å²) in [5, 5.41) is 0. The summed E-state index contributed by atoms with van der Waals surface area (Å²) in [4.78, 5) is 0. The van der Waals surface area contributed by atoms with Crippen LogP contribution in [0.3, 0.4) is 0 Å². The molecule has 0 saturated heterocycles. The van der Waals surface area contributed by atoms with Crippen molar-refractivity contribution < 1.29 is 17.1 Å². The number of aryl methyl sites for hydroxylation is 2. The van der Waals surface area contributed by atoms with E-state index < -0.39 is 0 Å². The van der Waals surface area contributed by atoms with Crippen LogP contribution in [0.25, 0.3) is 0 Å². The van der Waals surface area contributed by atoms with Crippen LogP contribution in [-0.2, 0) is 17.1 Å². The van der Waals surface area contributed by atoms with Crippen molar-refractivity contribution in [2.45, 2.75) is 53.4 Å². The van der Waals surface area contributed by atoms with Crippen LogP contribution in [-0.4, -0.2) is 0 Å². The predicted octanol–water partition coefficient (Wildman–Crippen LogP) is 4.58. The van der Waals surface area contributed by atoms with Gasteiger partial charge in [0.25, 0.3) is 0 Å². The summed E-state index contributed by atoms with van der Waals surface area (Å²) in [6, 6.07) is 14.0. The topological polar surface area (TPSA) is 0 Å². The van der Waals surface area contributed by atoms with E-state index in [1.807, 2.05) is 0 Å². The van der Waals surface area contributed by atoms with Gasteiger partial charge in [-0.25, -0.2) is 0 Å². The Morgan fingerprint density at radius 1 is 0.667 bits per heavy atom. The molecule has 0 aliphatic heterocycles. The van der Waals surface area contributed by atoms with Gasteiger partial charge in [-0.3, -0.25) is 0 Å². The zero-order chi connectivity index (χ0) is 15.6. The van der Waals surface area contributed by atoms with Crippen molar-refractivity contribution in [2.24, 2.45) is 0 Å². The summed E-state index contributed by atoms with van der Waals surface area (Å²) in [6.07, 6.45) is 0. The molecule has 0 spiro atoms. The second kappa shape index (κ2) is 6.88. The molecule has 0 unspecified atom stereocenters. The van der Waals surface area contributed by atoms with E-state index in [0.717, 1.165) is 0 Å². The molecule has 2 aromatic rings. The van der Waals surface area contributed by atoms with E-state index in [0.29, 0.717) is 11.8 Å². The van der Waals surface area contributed by atoms with Crippen molar-refractivity contribution in [1.82, 2.24) is 0 Å². The monoisotopic (exact) mass is 368 g/mol. The van der Waals surface area contributed by atoms with E-state index in [1.165, 1.54) is 30.6 Å². The molecule has 21 heavy (non-hydrogen) atoms. The van der Waals surface area contributed by atoms with Gasteiger partial charge in [0.15, 0.2) is 0 Å². The van der Waals surface area contributed by atoms with E-state index >= 15 is 0 Å². The Labute approximate surface area is 137 Å². The van der Waals surface area contributed by atoms with Crippen LogP contribution in [0.2, 0.25) is 0 Å². The van der Waals surface area contributed by atoms with Gasteiger partial charge in [-0.1, -0.05) is 0 Å².